The smallest absolute Gasteiger partial charge is 0.340 e. The summed E-state index contributed by atoms with van der Waals surface area (Å²) in [6.45, 7) is 3.25. The number of hydrogen-bond donors (Lipinski definition) is 2. The van der Waals surface area contributed by atoms with Crippen molar-refractivity contribution in [2.45, 2.75) is 6.92 Å². The summed E-state index contributed by atoms with van der Waals surface area (Å²) in [6, 6.07) is 18.8. The first kappa shape index (κ1) is 20.3. The van der Waals surface area contributed by atoms with Gasteiger partial charge in [-0.2, -0.15) is 4.98 Å². The Bertz CT molecular complexity index is 948. The van der Waals surface area contributed by atoms with E-state index in [0.717, 1.165) is 11.3 Å². The van der Waals surface area contributed by atoms with Crippen LogP contribution >= 0.6 is 0 Å². The van der Waals surface area contributed by atoms with Gasteiger partial charge in [0.2, 0.25) is 5.95 Å². The van der Waals surface area contributed by atoms with Crippen molar-refractivity contribution >= 4 is 23.4 Å². The van der Waals surface area contributed by atoms with Gasteiger partial charge >= 0.3 is 5.97 Å². The number of rotatable bonds is 9. The van der Waals surface area contributed by atoms with Crippen LogP contribution in [0.5, 0.6) is 0 Å². The van der Waals surface area contributed by atoms with Crippen molar-refractivity contribution in [3.05, 3.63) is 66.2 Å². The highest BCUT2D eigenvalue weighted by atomic mass is 16.5. The minimum absolute atomic E-state index is 0.306. The molecule has 3 rings (SSSR count). The Kier molecular flexibility index (Phi) is 7.13. The number of methoxy groups -OCH3 is 1. The van der Waals surface area contributed by atoms with Gasteiger partial charge in [0, 0.05) is 25.3 Å². The second-order valence-corrected chi connectivity index (χ2v) is 6.14. The average Bonchev–Trinajstić information content (AvgIpc) is 2.75. The standard InChI is InChI=1S/C22H24N4O3/c1-3-29-21(27)17-11-7-8-12-18(17)24-22-25-19(16-9-5-4-6-10-16)15-20(26-22)23-13-14-28-2/h4-12,15H,3,13-14H2,1-2H3,(H2,23,24,25,26). The molecule has 3 aromatic rings. The van der Waals surface area contributed by atoms with Crippen molar-refractivity contribution in [2.75, 3.05) is 37.5 Å². The normalized spacial score (nSPS) is 10.4. The first-order valence-electron chi connectivity index (χ1n) is 9.41. The van der Waals surface area contributed by atoms with Crippen LogP contribution in [0.15, 0.2) is 60.7 Å². The number of para-hydroxylation sites is 1. The fourth-order valence-corrected chi connectivity index (χ4v) is 2.73. The van der Waals surface area contributed by atoms with E-state index >= 15 is 0 Å². The van der Waals surface area contributed by atoms with Gasteiger partial charge in [0.15, 0.2) is 0 Å². The van der Waals surface area contributed by atoms with E-state index in [9.17, 15) is 4.79 Å². The molecule has 7 nitrogen and oxygen atoms in total. The van der Waals surface area contributed by atoms with E-state index < -0.39 is 5.97 Å². The Morgan fingerprint density at radius 2 is 1.79 bits per heavy atom. The molecular weight excluding hydrogens is 368 g/mol. The van der Waals surface area contributed by atoms with E-state index in [0.29, 0.717) is 42.8 Å². The largest absolute Gasteiger partial charge is 0.462 e. The van der Waals surface area contributed by atoms with Crippen LogP contribution in [-0.4, -0.2) is 42.8 Å². The lowest BCUT2D eigenvalue weighted by molar-refractivity contribution is 0.0527. The summed E-state index contributed by atoms with van der Waals surface area (Å²) in [7, 11) is 1.65. The lowest BCUT2D eigenvalue weighted by atomic mass is 10.1. The number of esters is 1. The van der Waals surface area contributed by atoms with Crippen molar-refractivity contribution in [1.29, 1.82) is 0 Å². The summed E-state index contributed by atoms with van der Waals surface area (Å²) < 4.78 is 10.2. The number of ether oxygens (including phenoxy) is 2. The molecule has 0 atom stereocenters. The van der Waals surface area contributed by atoms with Crippen molar-refractivity contribution < 1.29 is 14.3 Å². The number of anilines is 3. The Hall–Kier alpha value is -3.45. The molecule has 2 N–H and O–H groups in total. The fourth-order valence-electron chi connectivity index (χ4n) is 2.73. The molecule has 1 aromatic heterocycles. The van der Waals surface area contributed by atoms with Gasteiger partial charge in [-0.15, -0.1) is 0 Å². The van der Waals surface area contributed by atoms with Crippen LogP contribution in [0.1, 0.15) is 17.3 Å². The van der Waals surface area contributed by atoms with E-state index in [2.05, 4.69) is 20.6 Å². The second kappa shape index (κ2) is 10.2. The van der Waals surface area contributed by atoms with Crippen molar-refractivity contribution in [3.63, 3.8) is 0 Å². The van der Waals surface area contributed by atoms with E-state index in [1.165, 1.54) is 0 Å². The maximum Gasteiger partial charge on any atom is 0.340 e. The lowest BCUT2D eigenvalue weighted by Gasteiger charge is -2.13. The molecule has 0 aliphatic rings. The Morgan fingerprint density at radius 3 is 2.55 bits per heavy atom. The van der Waals surface area contributed by atoms with Gasteiger partial charge in [-0.3, -0.25) is 0 Å². The first-order valence-corrected chi connectivity index (χ1v) is 9.41. The molecule has 0 fully saturated rings. The summed E-state index contributed by atoms with van der Waals surface area (Å²) in [4.78, 5) is 21.4. The van der Waals surface area contributed by atoms with Crippen LogP contribution in [-0.2, 0) is 9.47 Å². The third-order valence-electron chi connectivity index (χ3n) is 4.08. The number of benzene rings is 2. The maximum atomic E-state index is 12.3. The van der Waals surface area contributed by atoms with Crippen LogP contribution in [0, 0.1) is 0 Å². The maximum absolute atomic E-state index is 12.3. The molecule has 0 spiro atoms. The van der Waals surface area contributed by atoms with Gasteiger partial charge in [-0.05, 0) is 19.1 Å². The summed E-state index contributed by atoms with van der Waals surface area (Å²) >= 11 is 0. The highest BCUT2D eigenvalue weighted by Gasteiger charge is 2.14. The van der Waals surface area contributed by atoms with E-state index in [1.807, 2.05) is 42.5 Å². The minimum Gasteiger partial charge on any atom is -0.462 e. The molecule has 0 saturated carbocycles. The van der Waals surface area contributed by atoms with E-state index in [4.69, 9.17) is 9.47 Å². The quantitative estimate of drug-likeness (QED) is 0.418. The molecule has 1 heterocycles. The zero-order valence-electron chi connectivity index (χ0n) is 16.5. The van der Waals surface area contributed by atoms with Crippen molar-refractivity contribution in [1.82, 2.24) is 9.97 Å². The monoisotopic (exact) mass is 392 g/mol. The predicted molar refractivity (Wildman–Crippen MR) is 114 cm³/mol. The highest BCUT2D eigenvalue weighted by Crippen LogP contribution is 2.25. The van der Waals surface area contributed by atoms with Crippen molar-refractivity contribution in [2.24, 2.45) is 0 Å². The summed E-state index contributed by atoms with van der Waals surface area (Å²) in [5.74, 6) is 0.642. The Balaban J connectivity index is 1.94. The summed E-state index contributed by atoms with van der Waals surface area (Å²) in [5, 5.41) is 6.39. The lowest BCUT2D eigenvalue weighted by Crippen LogP contribution is -2.12. The summed E-state index contributed by atoms with van der Waals surface area (Å²) in [5.41, 5.74) is 2.74. The summed E-state index contributed by atoms with van der Waals surface area (Å²) in [6.07, 6.45) is 0. The minimum atomic E-state index is -0.395. The molecule has 0 saturated heterocycles. The SMILES string of the molecule is CCOC(=O)c1ccccc1Nc1nc(NCCOC)cc(-c2ccccc2)n1. The molecule has 0 amide bonds. The number of nitrogens with one attached hydrogen (secondary N) is 2. The number of carbonyl (C=O) groups is 1. The number of carbonyl (C=O) groups excluding carboxylic acids is 1. The third kappa shape index (κ3) is 5.52. The molecule has 0 bridgehead atoms. The van der Waals surface area contributed by atoms with Crippen LogP contribution in [0.25, 0.3) is 11.3 Å². The predicted octanol–water partition coefficient (Wildman–Crippen LogP) is 4.12. The van der Waals surface area contributed by atoms with Gasteiger partial charge < -0.3 is 20.1 Å². The van der Waals surface area contributed by atoms with Gasteiger partial charge in [0.1, 0.15) is 5.82 Å². The van der Waals surface area contributed by atoms with Crippen LogP contribution in [0.3, 0.4) is 0 Å². The number of aromatic nitrogens is 2. The Morgan fingerprint density at radius 1 is 1.03 bits per heavy atom. The van der Waals surface area contributed by atoms with Gasteiger partial charge in [0.25, 0.3) is 0 Å². The second-order valence-electron chi connectivity index (χ2n) is 6.14. The molecule has 0 aliphatic carbocycles. The molecule has 29 heavy (non-hydrogen) atoms. The topological polar surface area (TPSA) is 85.4 Å². The average molecular weight is 392 g/mol. The van der Waals surface area contributed by atoms with Gasteiger partial charge in [-0.1, -0.05) is 42.5 Å². The van der Waals surface area contributed by atoms with Crippen LogP contribution in [0.4, 0.5) is 17.5 Å². The van der Waals surface area contributed by atoms with Crippen LogP contribution in [0.2, 0.25) is 0 Å². The van der Waals surface area contributed by atoms with Gasteiger partial charge in [-0.25, -0.2) is 9.78 Å². The van der Waals surface area contributed by atoms with Crippen molar-refractivity contribution in [3.8, 4) is 11.3 Å². The Labute approximate surface area is 170 Å². The van der Waals surface area contributed by atoms with E-state index in [1.54, 1.807) is 32.2 Å². The van der Waals surface area contributed by atoms with E-state index in [-0.39, 0.29) is 0 Å². The zero-order valence-corrected chi connectivity index (χ0v) is 16.5. The molecule has 2 aromatic carbocycles. The molecule has 0 radical (unpaired) electrons. The fraction of sp³-hybridized carbons (Fsp3) is 0.227. The molecule has 150 valence electrons. The molecule has 0 unspecified atom stereocenters. The zero-order chi connectivity index (χ0) is 20.5. The van der Waals surface area contributed by atoms with Crippen LogP contribution < -0.4 is 10.6 Å². The molecular formula is C22H24N4O3. The highest BCUT2D eigenvalue weighted by molar-refractivity contribution is 5.96. The molecule has 0 aliphatic heterocycles. The number of hydrogen-bond acceptors (Lipinski definition) is 7. The van der Waals surface area contributed by atoms with Gasteiger partial charge in [0.05, 0.1) is 30.2 Å². The first-order chi connectivity index (χ1) is 14.2. The molecule has 7 heteroatoms. The third-order valence-corrected chi connectivity index (χ3v) is 4.08. The number of nitrogens with zero attached hydrogens (tertiary/aromatic N) is 2.